The van der Waals surface area contributed by atoms with Crippen molar-refractivity contribution < 1.29 is 0 Å². The van der Waals surface area contributed by atoms with Crippen molar-refractivity contribution in [3.63, 3.8) is 0 Å². The van der Waals surface area contributed by atoms with Crippen LogP contribution >= 0.6 is 0 Å². The van der Waals surface area contributed by atoms with Crippen LogP contribution in [0.5, 0.6) is 0 Å². The van der Waals surface area contributed by atoms with Gasteiger partial charge in [0, 0.05) is 0 Å². The minimum Gasteiger partial charge on any atom is -0.0622 e. The highest BCUT2D eigenvalue weighted by Crippen LogP contribution is 2.48. The molecule has 0 amide bonds. The van der Waals surface area contributed by atoms with E-state index in [1.807, 2.05) is 0 Å². The number of allylic oxidation sites excluding steroid dienone is 1. The van der Waals surface area contributed by atoms with E-state index in [4.69, 9.17) is 0 Å². The second kappa shape index (κ2) is 5.46. The van der Waals surface area contributed by atoms with Crippen LogP contribution in [0.3, 0.4) is 0 Å². The van der Waals surface area contributed by atoms with Gasteiger partial charge in [-0.1, -0.05) is 78.9 Å². The monoisotopic (exact) mass is 318 g/mol. The first kappa shape index (κ1) is 14.2. The molecule has 0 unspecified atom stereocenters. The van der Waals surface area contributed by atoms with Gasteiger partial charge in [0.15, 0.2) is 0 Å². The Morgan fingerprint density at radius 2 is 1.08 bits per heavy atom. The molecule has 1 aliphatic rings. The number of benzene rings is 4. The van der Waals surface area contributed by atoms with Crippen molar-refractivity contribution in [3.8, 4) is 11.1 Å². The Balaban J connectivity index is 1.88. The largest absolute Gasteiger partial charge is 0.0622 e. The Labute approximate surface area is 148 Å². The molecule has 0 fully saturated rings. The highest BCUT2D eigenvalue weighted by atomic mass is 14.3. The Hall–Kier alpha value is -3.12. The Bertz CT molecular complexity index is 1130. The van der Waals surface area contributed by atoms with E-state index in [2.05, 4.69) is 97.9 Å². The molecule has 25 heavy (non-hydrogen) atoms. The molecule has 0 aromatic heterocycles. The third kappa shape index (κ3) is 2.15. The van der Waals surface area contributed by atoms with Crippen molar-refractivity contribution in [2.24, 2.45) is 0 Å². The fourth-order valence-electron chi connectivity index (χ4n) is 3.99. The Morgan fingerprint density at radius 3 is 1.80 bits per heavy atom. The topological polar surface area (TPSA) is 0 Å². The summed E-state index contributed by atoms with van der Waals surface area (Å²) in [7, 11) is 0. The number of hydrogen-bond donors (Lipinski definition) is 0. The van der Waals surface area contributed by atoms with Gasteiger partial charge in [-0.15, -0.1) is 0 Å². The molecule has 4 aromatic carbocycles. The SMILES string of the molecule is C/C(=C1\c2ccccc2-c2cc3ccccc3cc21)c1ccccc1. The van der Waals surface area contributed by atoms with Crippen LogP contribution in [0.25, 0.3) is 33.0 Å². The third-order valence-electron chi connectivity index (χ3n) is 5.22. The summed E-state index contributed by atoms with van der Waals surface area (Å²) < 4.78 is 0. The predicted molar refractivity (Wildman–Crippen MR) is 107 cm³/mol. The Kier molecular flexibility index (Phi) is 3.11. The zero-order chi connectivity index (χ0) is 16.8. The van der Waals surface area contributed by atoms with Gasteiger partial charge >= 0.3 is 0 Å². The van der Waals surface area contributed by atoms with E-state index in [9.17, 15) is 0 Å². The van der Waals surface area contributed by atoms with Gasteiger partial charge in [-0.3, -0.25) is 0 Å². The summed E-state index contributed by atoms with van der Waals surface area (Å²) in [5.74, 6) is 0. The molecule has 5 rings (SSSR count). The van der Waals surface area contributed by atoms with E-state index >= 15 is 0 Å². The molecule has 0 radical (unpaired) electrons. The lowest BCUT2D eigenvalue weighted by Crippen LogP contribution is -1.88. The van der Waals surface area contributed by atoms with Crippen LogP contribution in [0.2, 0.25) is 0 Å². The quantitative estimate of drug-likeness (QED) is 0.319. The van der Waals surface area contributed by atoms with Crippen LogP contribution < -0.4 is 0 Å². The smallest absolute Gasteiger partial charge is 0.00635 e. The average Bonchev–Trinajstić information content (AvgIpc) is 3.00. The zero-order valence-corrected chi connectivity index (χ0v) is 14.2. The van der Waals surface area contributed by atoms with Crippen molar-refractivity contribution in [2.75, 3.05) is 0 Å². The summed E-state index contributed by atoms with van der Waals surface area (Å²) in [6.45, 7) is 2.24. The molecule has 0 heterocycles. The van der Waals surface area contributed by atoms with Gasteiger partial charge in [0.2, 0.25) is 0 Å². The number of hydrogen-bond acceptors (Lipinski definition) is 0. The first-order valence-electron chi connectivity index (χ1n) is 8.72. The van der Waals surface area contributed by atoms with E-state index in [1.54, 1.807) is 0 Å². The molecule has 118 valence electrons. The molecular weight excluding hydrogens is 300 g/mol. The summed E-state index contributed by atoms with van der Waals surface area (Å²) in [6, 6.07) is 32.8. The number of rotatable bonds is 1. The molecule has 0 bridgehead atoms. The fraction of sp³-hybridized carbons (Fsp3) is 0.0400. The van der Waals surface area contributed by atoms with Crippen molar-refractivity contribution >= 4 is 21.9 Å². The maximum atomic E-state index is 2.35. The molecule has 0 saturated heterocycles. The fourth-order valence-corrected chi connectivity index (χ4v) is 3.99. The molecule has 0 N–H and O–H groups in total. The van der Waals surface area contributed by atoms with E-state index in [1.165, 1.54) is 49.7 Å². The van der Waals surface area contributed by atoms with Crippen molar-refractivity contribution in [1.29, 1.82) is 0 Å². The summed E-state index contributed by atoms with van der Waals surface area (Å²) in [5.41, 5.74) is 9.36. The van der Waals surface area contributed by atoms with E-state index in [0.29, 0.717) is 0 Å². The Morgan fingerprint density at radius 1 is 0.520 bits per heavy atom. The zero-order valence-electron chi connectivity index (χ0n) is 14.2. The highest BCUT2D eigenvalue weighted by Gasteiger charge is 2.25. The van der Waals surface area contributed by atoms with Crippen molar-refractivity contribution in [3.05, 3.63) is 108 Å². The van der Waals surface area contributed by atoms with Gasteiger partial charge in [0.25, 0.3) is 0 Å². The van der Waals surface area contributed by atoms with Gasteiger partial charge < -0.3 is 0 Å². The molecule has 0 atom stereocenters. The lowest BCUT2D eigenvalue weighted by atomic mass is 9.93. The molecule has 4 aromatic rings. The molecule has 0 heteroatoms. The standard InChI is InChI=1S/C25H18/c1-17(18-9-3-2-4-10-18)25-22-14-8-7-13-21(22)23-15-19-11-5-6-12-20(19)16-24(23)25/h2-16H,1H3/b25-17-. The van der Waals surface area contributed by atoms with Gasteiger partial charge in [-0.2, -0.15) is 0 Å². The lowest BCUT2D eigenvalue weighted by Gasteiger charge is -2.10. The molecule has 0 nitrogen and oxygen atoms in total. The minimum absolute atomic E-state index is 1.29. The van der Waals surface area contributed by atoms with Crippen LogP contribution in [-0.4, -0.2) is 0 Å². The molecule has 1 aliphatic carbocycles. The predicted octanol–water partition coefficient (Wildman–Crippen LogP) is 6.80. The first-order chi connectivity index (χ1) is 12.3. The molecule has 0 saturated carbocycles. The van der Waals surface area contributed by atoms with E-state index in [0.717, 1.165) is 0 Å². The van der Waals surface area contributed by atoms with Gasteiger partial charge in [-0.05, 0) is 68.8 Å². The van der Waals surface area contributed by atoms with Crippen molar-refractivity contribution in [1.82, 2.24) is 0 Å². The van der Waals surface area contributed by atoms with Crippen LogP contribution in [0.15, 0.2) is 91.0 Å². The third-order valence-corrected chi connectivity index (χ3v) is 5.22. The van der Waals surface area contributed by atoms with Crippen LogP contribution in [0, 0.1) is 0 Å². The summed E-state index contributed by atoms with van der Waals surface area (Å²) in [4.78, 5) is 0. The van der Waals surface area contributed by atoms with E-state index in [-0.39, 0.29) is 0 Å². The van der Waals surface area contributed by atoms with Crippen LogP contribution in [0.1, 0.15) is 23.6 Å². The maximum absolute atomic E-state index is 2.35. The van der Waals surface area contributed by atoms with Crippen LogP contribution in [0.4, 0.5) is 0 Å². The number of fused-ring (bicyclic) bond motifs is 4. The summed E-state index contributed by atoms with van der Waals surface area (Å²) in [5, 5.41) is 2.60. The molecule has 0 spiro atoms. The minimum atomic E-state index is 1.29. The van der Waals surface area contributed by atoms with Gasteiger partial charge in [0.05, 0.1) is 0 Å². The first-order valence-corrected chi connectivity index (χ1v) is 8.72. The van der Waals surface area contributed by atoms with Gasteiger partial charge in [0.1, 0.15) is 0 Å². The summed E-state index contributed by atoms with van der Waals surface area (Å²) >= 11 is 0. The molecule has 0 aliphatic heterocycles. The normalized spacial score (nSPS) is 14.3. The van der Waals surface area contributed by atoms with E-state index < -0.39 is 0 Å². The van der Waals surface area contributed by atoms with Gasteiger partial charge in [-0.25, -0.2) is 0 Å². The second-order valence-electron chi connectivity index (χ2n) is 6.66. The van der Waals surface area contributed by atoms with Crippen molar-refractivity contribution in [2.45, 2.75) is 6.92 Å². The maximum Gasteiger partial charge on any atom is -0.00635 e. The second-order valence-corrected chi connectivity index (χ2v) is 6.66. The van der Waals surface area contributed by atoms with Crippen LogP contribution in [-0.2, 0) is 0 Å². The summed E-state index contributed by atoms with van der Waals surface area (Å²) in [6.07, 6.45) is 0. The highest BCUT2D eigenvalue weighted by molar-refractivity contribution is 6.12. The lowest BCUT2D eigenvalue weighted by molar-refractivity contribution is 1.55. The average molecular weight is 318 g/mol. The molecular formula is C25H18.